The van der Waals surface area contributed by atoms with E-state index in [1.54, 1.807) is 24.3 Å². The van der Waals surface area contributed by atoms with E-state index in [4.69, 9.17) is 5.73 Å². The number of anilines is 2. The normalized spacial score (nSPS) is 29.8. The first-order valence-electron chi connectivity index (χ1n) is 8.43. The number of benzene rings is 2. The summed E-state index contributed by atoms with van der Waals surface area (Å²) >= 11 is 0. The molecular weight excluding hydrogens is 316 g/mol. The molecule has 1 heterocycles. The van der Waals surface area contributed by atoms with Gasteiger partial charge in [-0.2, -0.15) is 0 Å². The van der Waals surface area contributed by atoms with E-state index in [2.05, 4.69) is 0 Å². The standard InChI is InChI=1S/C20H16N2O3/c21-13-7-3-4-8-14(13)22-19(24)17-12-9-15(23)16(18(17)20(22)25)11-6-2-1-5-10(11)12/h1-8,12,16-18H,9,21H2/t12-,16-,17+,18+/m0/s1. The Morgan fingerprint density at radius 2 is 1.48 bits per heavy atom. The number of hydrogen-bond acceptors (Lipinski definition) is 4. The second-order valence-electron chi connectivity index (χ2n) is 7.01. The van der Waals surface area contributed by atoms with Crippen LogP contribution in [0.1, 0.15) is 29.4 Å². The van der Waals surface area contributed by atoms with E-state index < -0.39 is 17.8 Å². The Kier molecular flexibility index (Phi) is 2.76. The predicted octanol–water partition coefficient (Wildman–Crippen LogP) is 2.23. The maximum atomic E-state index is 13.1. The Labute approximate surface area is 144 Å². The van der Waals surface area contributed by atoms with Crippen LogP contribution < -0.4 is 10.6 Å². The number of para-hydroxylation sites is 2. The highest BCUT2D eigenvalue weighted by Crippen LogP contribution is 2.57. The zero-order chi connectivity index (χ0) is 17.3. The van der Waals surface area contributed by atoms with Crippen LogP contribution in [0, 0.1) is 11.8 Å². The van der Waals surface area contributed by atoms with Crippen molar-refractivity contribution in [3.05, 3.63) is 59.7 Å². The van der Waals surface area contributed by atoms with Crippen LogP contribution >= 0.6 is 0 Å². The lowest BCUT2D eigenvalue weighted by Gasteiger charge is -2.43. The number of ketones is 1. The minimum atomic E-state index is -0.603. The first-order valence-corrected chi connectivity index (χ1v) is 8.43. The molecule has 2 bridgehead atoms. The van der Waals surface area contributed by atoms with Gasteiger partial charge in [-0.15, -0.1) is 0 Å². The monoisotopic (exact) mass is 332 g/mol. The maximum Gasteiger partial charge on any atom is 0.238 e. The average Bonchev–Trinajstić information content (AvgIpc) is 2.88. The molecule has 4 aliphatic rings. The van der Waals surface area contributed by atoms with Crippen molar-refractivity contribution >= 4 is 29.0 Å². The highest BCUT2D eigenvalue weighted by Gasteiger charge is 2.62. The summed E-state index contributed by atoms with van der Waals surface area (Å²) in [5.41, 5.74) is 8.76. The first kappa shape index (κ1) is 14.4. The molecule has 1 saturated heterocycles. The zero-order valence-electron chi connectivity index (χ0n) is 13.4. The third-order valence-corrected chi connectivity index (χ3v) is 5.87. The molecule has 2 aromatic rings. The van der Waals surface area contributed by atoms with Gasteiger partial charge in [0.05, 0.1) is 29.1 Å². The third kappa shape index (κ3) is 1.70. The molecule has 2 amide bonds. The van der Waals surface area contributed by atoms with E-state index in [0.717, 1.165) is 11.1 Å². The van der Waals surface area contributed by atoms with Gasteiger partial charge in [-0.05, 0) is 23.3 Å². The minimum Gasteiger partial charge on any atom is -0.397 e. The lowest BCUT2D eigenvalue weighted by Crippen LogP contribution is -2.44. The van der Waals surface area contributed by atoms with Gasteiger partial charge in [0.2, 0.25) is 11.8 Å². The smallest absolute Gasteiger partial charge is 0.238 e. The molecule has 124 valence electrons. The van der Waals surface area contributed by atoms with Crippen LogP contribution in [0.15, 0.2) is 48.5 Å². The Balaban J connectivity index is 1.68. The molecule has 2 N–H and O–H groups in total. The van der Waals surface area contributed by atoms with E-state index in [-0.39, 0.29) is 23.5 Å². The molecular formula is C20H16N2O3. The Morgan fingerprint density at radius 1 is 0.840 bits per heavy atom. The van der Waals surface area contributed by atoms with Crippen molar-refractivity contribution in [2.75, 3.05) is 10.6 Å². The summed E-state index contributed by atoms with van der Waals surface area (Å²) in [4.78, 5) is 40.1. The zero-order valence-corrected chi connectivity index (χ0v) is 13.4. The maximum absolute atomic E-state index is 13.1. The summed E-state index contributed by atoms with van der Waals surface area (Å²) in [5, 5.41) is 0. The topological polar surface area (TPSA) is 80.5 Å². The number of nitrogens with two attached hydrogens (primary N) is 1. The number of imide groups is 1. The molecule has 0 radical (unpaired) electrons. The van der Waals surface area contributed by atoms with Gasteiger partial charge in [-0.3, -0.25) is 14.4 Å². The summed E-state index contributed by atoms with van der Waals surface area (Å²) in [6.07, 6.45) is 0.333. The number of Topliss-reactive ketones (excluding diaryl/α,β-unsaturated/α-hetero) is 1. The van der Waals surface area contributed by atoms with Gasteiger partial charge in [0.25, 0.3) is 0 Å². The number of rotatable bonds is 1. The fraction of sp³-hybridized carbons (Fsp3) is 0.250. The molecule has 2 fully saturated rings. The Hall–Kier alpha value is -2.95. The van der Waals surface area contributed by atoms with Crippen LogP contribution in [0.25, 0.3) is 0 Å². The third-order valence-electron chi connectivity index (χ3n) is 5.87. The first-order chi connectivity index (χ1) is 12.1. The van der Waals surface area contributed by atoms with Gasteiger partial charge < -0.3 is 5.73 Å². The average molecular weight is 332 g/mol. The van der Waals surface area contributed by atoms with Crippen LogP contribution in [-0.4, -0.2) is 17.6 Å². The highest BCUT2D eigenvalue weighted by molar-refractivity contribution is 6.25. The number of hydrogen-bond donors (Lipinski definition) is 1. The molecule has 5 heteroatoms. The van der Waals surface area contributed by atoms with Crippen LogP contribution in [-0.2, 0) is 14.4 Å². The molecule has 25 heavy (non-hydrogen) atoms. The van der Waals surface area contributed by atoms with Crippen molar-refractivity contribution in [1.82, 2.24) is 0 Å². The summed E-state index contributed by atoms with van der Waals surface area (Å²) in [7, 11) is 0. The fourth-order valence-electron chi connectivity index (χ4n) is 4.89. The predicted molar refractivity (Wildman–Crippen MR) is 91.9 cm³/mol. The highest BCUT2D eigenvalue weighted by atomic mass is 16.2. The number of nitrogen functional groups attached to an aromatic ring is 1. The molecule has 2 aromatic carbocycles. The second-order valence-corrected chi connectivity index (χ2v) is 7.01. The van der Waals surface area contributed by atoms with Crippen molar-refractivity contribution in [3.8, 4) is 0 Å². The summed E-state index contributed by atoms with van der Waals surface area (Å²) in [6.45, 7) is 0. The summed E-state index contributed by atoms with van der Waals surface area (Å²) < 4.78 is 0. The van der Waals surface area contributed by atoms with Gasteiger partial charge in [-0.25, -0.2) is 4.90 Å². The van der Waals surface area contributed by atoms with Gasteiger partial charge in [0.15, 0.2) is 0 Å². The molecule has 3 aliphatic carbocycles. The van der Waals surface area contributed by atoms with Crippen LogP contribution in [0.4, 0.5) is 11.4 Å². The van der Waals surface area contributed by atoms with Crippen molar-refractivity contribution < 1.29 is 14.4 Å². The van der Waals surface area contributed by atoms with E-state index in [9.17, 15) is 14.4 Å². The van der Waals surface area contributed by atoms with E-state index in [1.165, 1.54) is 4.90 Å². The van der Waals surface area contributed by atoms with Gasteiger partial charge in [-0.1, -0.05) is 36.4 Å². The van der Waals surface area contributed by atoms with Gasteiger partial charge in [0, 0.05) is 12.3 Å². The molecule has 0 spiro atoms. The Bertz CT molecular complexity index is 951. The molecule has 0 unspecified atom stereocenters. The summed E-state index contributed by atoms with van der Waals surface area (Å²) in [5.74, 6) is -2.27. The molecule has 1 aliphatic heterocycles. The van der Waals surface area contributed by atoms with E-state index in [0.29, 0.717) is 17.8 Å². The largest absolute Gasteiger partial charge is 0.397 e. The lowest BCUT2D eigenvalue weighted by molar-refractivity contribution is -0.134. The molecule has 0 aromatic heterocycles. The minimum absolute atomic E-state index is 0.0639. The summed E-state index contributed by atoms with van der Waals surface area (Å²) in [6, 6.07) is 14.6. The number of amides is 2. The second kappa shape index (κ2) is 4.79. The SMILES string of the molecule is Nc1ccccc1N1C(=O)[C@H]2[C@H](C1=O)[C@H]1CC(=O)[C@@H]2c2ccccc21. The van der Waals surface area contributed by atoms with Crippen LogP contribution in [0.5, 0.6) is 0 Å². The fourth-order valence-corrected chi connectivity index (χ4v) is 4.89. The van der Waals surface area contributed by atoms with Crippen LogP contribution in [0.3, 0.4) is 0 Å². The molecule has 4 atom stereocenters. The van der Waals surface area contributed by atoms with Gasteiger partial charge >= 0.3 is 0 Å². The van der Waals surface area contributed by atoms with Crippen molar-refractivity contribution in [3.63, 3.8) is 0 Å². The van der Waals surface area contributed by atoms with Crippen molar-refractivity contribution in [2.24, 2.45) is 11.8 Å². The van der Waals surface area contributed by atoms with Crippen molar-refractivity contribution in [1.29, 1.82) is 0 Å². The molecule has 6 rings (SSSR count). The Morgan fingerprint density at radius 3 is 2.24 bits per heavy atom. The molecule has 5 nitrogen and oxygen atoms in total. The van der Waals surface area contributed by atoms with E-state index >= 15 is 0 Å². The van der Waals surface area contributed by atoms with E-state index in [1.807, 2.05) is 24.3 Å². The number of carbonyl (C=O) groups is 3. The lowest BCUT2D eigenvalue weighted by atomic mass is 9.56. The quantitative estimate of drug-likeness (QED) is 0.641. The molecule has 1 saturated carbocycles. The number of fused-ring (bicyclic) bond motifs is 1. The number of carbonyl (C=O) groups excluding carboxylic acids is 3. The van der Waals surface area contributed by atoms with Gasteiger partial charge in [0.1, 0.15) is 5.78 Å². The van der Waals surface area contributed by atoms with Crippen molar-refractivity contribution in [2.45, 2.75) is 18.3 Å². The number of nitrogens with zero attached hydrogens (tertiary/aromatic N) is 1. The van der Waals surface area contributed by atoms with Crippen LogP contribution in [0.2, 0.25) is 0 Å².